The minimum atomic E-state index is -0.241. The number of para-hydroxylation sites is 2. The van der Waals surface area contributed by atoms with E-state index in [1.165, 1.54) is 0 Å². The molecule has 0 spiro atoms. The number of carbonyl (C=O) groups excluding carboxylic acids is 2. The first-order chi connectivity index (χ1) is 16.5. The van der Waals surface area contributed by atoms with Crippen LogP contribution in [-0.2, 0) is 9.53 Å². The van der Waals surface area contributed by atoms with E-state index in [1.54, 1.807) is 18.2 Å². The zero-order chi connectivity index (χ0) is 23.9. The Morgan fingerprint density at radius 1 is 0.882 bits per heavy atom. The van der Waals surface area contributed by atoms with Gasteiger partial charge in [-0.1, -0.05) is 30.3 Å². The monoisotopic (exact) mass is 464 g/mol. The van der Waals surface area contributed by atoms with E-state index in [2.05, 4.69) is 34.3 Å². The second-order valence-electron chi connectivity index (χ2n) is 9.61. The number of likely N-dealkylation sites (tertiary alicyclic amines) is 1. The number of carbonyl (C=O) groups is 2. The van der Waals surface area contributed by atoms with E-state index >= 15 is 0 Å². The van der Waals surface area contributed by atoms with Gasteiger partial charge in [0.2, 0.25) is 5.91 Å². The number of hydrogen-bond acceptors (Lipinski definition) is 5. The maximum Gasteiger partial charge on any atom is 0.257 e. The summed E-state index contributed by atoms with van der Waals surface area (Å²) in [5, 5.41) is 5.83. The fourth-order valence-electron chi connectivity index (χ4n) is 5.03. The Bertz CT molecular complexity index is 949. The largest absolute Gasteiger partial charge is 0.373 e. The average Bonchev–Trinajstić information content (AvgIpc) is 2.80. The molecule has 2 N–H and O–H groups in total. The lowest BCUT2D eigenvalue weighted by atomic mass is 9.95. The number of rotatable bonds is 7. The van der Waals surface area contributed by atoms with Crippen LogP contribution >= 0.6 is 0 Å². The van der Waals surface area contributed by atoms with Crippen molar-refractivity contribution in [2.24, 2.45) is 5.92 Å². The maximum atomic E-state index is 12.8. The molecule has 2 heterocycles. The number of nitrogens with zero attached hydrogens (tertiary/aromatic N) is 2. The van der Waals surface area contributed by atoms with Gasteiger partial charge >= 0.3 is 0 Å². The van der Waals surface area contributed by atoms with Gasteiger partial charge in [0.05, 0.1) is 30.0 Å². The second-order valence-corrected chi connectivity index (χ2v) is 9.61. The van der Waals surface area contributed by atoms with Crippen LogP contribution in [-0.4, -0.2) is 73.1 Å². The molecule has 2 unspecified atom stereocenters. The van der Waals surface area contributed by atoms with Crippen LogP contribution in [0.4, 0.5) is 11.4 Å². The van der Waals surface area contributed by atoms with Gasteiger partial charge in [0.25, 0.3) is 5.91 Å². The molecule has 0 aliphatic carbocycles. The van der Waals surface area contributed by atoms with Crippen LogP contribution in [0, 0.1) is 5.92 Å². The minimum absolute atomic E-state index is 0.0887. The van der Waals surface area contributed by atoms with E-state index in [4.69, 9.17) is 4.74 Å². The molecule has 2 aliphatic rings. The highest BCUT2D eigenvalue weighted by atomic mass is 16.5. The Balaban J connectivity index is 1.25. The van der Waals surface area contributed by atoms with Crippen molar-refractivity contribution in [3.8, 4) is 0 Å². The molecule has 4 rings (SSSR count). The number of morpholine rings is 1. The number of piperidine rings is 1. The molecule has 0 radical (unpaired) electrons. The van der Waals surface area contributed by atoms with Crippen molar-refractivity contribution >= 4 is 23.2 Å². The smallest absolute Gasteiger partial charge is 0.257 e. The number of anilines is 2. The van der Waals surface area contributed by atoms with Crippen molar-refractivity contribution in [2.45, 2.75) is 38.9 Å². The lowest BCUT2D eigenvalue weighted by Gasteiger charge is -2.39. The van der Waals surface area contributed by atoms with Crippen LogP contribution in [0.3, 0.4) is 0 Å². The molecule has 2 aromatic carbocycles. The van der Waals surface area contributed by atoms with Crippen molar-refractivity contribution < 1.29 is 14.3 Å². The Labute approximate surface area is 202 Å². The third-order valence-electron chi connectivity index (χ3n) is 6.56. The zero-order valence-electron chi connectivity index (χ0n) is 20.2. The summed E-state index contributed by atoms with van der Waals surface area (Å²) in [4.78, 5) is 30.3. The van der Waals surface area contributed by atoms with Crippen molar-refractivity contribution in [1.29, 1.82) is 0 Å². The van der Waals surface area contributed by atoms with E-state index < -0.39 is 0 Å². The molecule has 182 valence electrons. The summed E-state index contributed by atoms with van der Waals surface area (Å²) in [5.74, 6) is 0.336. The van der Waals surface area contributed by atoms with Crippen molar-refractivity contribution in [3.05, 3.63) is 60.2 Å². The molecule has 2 saturated heterocycles. The fourth-order valence-corrected chi connectivity index (χ4v) is 5.03. The van der Waals surface area contributed by atoms with Gasteiger partial charge in [-0.15, -0.1) is 0 Å². The Hall–Kier alpha value is -2.74. The van der Waals surface area contributed by atoms with Gasteiger partial charge in [0, 0.05) is 25.3 Å². The number of hydrogen-bond donors (Lipinski definition) is 2. The number of ether oxygens (including phenoxy) is 1. The minimum Gasteiger partial charge on any atom is -0.373 e. The molecule has 0 aromatic heterocycles. The Kier molecular flexibility index (Phi) is 8.32. The SMILES string of the molecule is CC1CN(CC2CCN(CC(=O)Nc3ccccc3C(=O)Nc3ccccc3)CC2)CC(C)O1. The van der Waals surface area contributed by atoms with Crippen molar-refractivity contribution in [2.75, 3.05) is 49.9 Å². The van der Waals surface area contributed by atoms with E-state index in [1.807, 2.05) is 36.4 Å². The Morgan fingerprint density at radius 3 is 2.24 bits per heavy atom. The van der Waals surface area contributed by atoms with E-state index in [-0.39, 0.29) is 11.8 Å². The molecule has 0 saturated carbocycles. The van der Waals surface area contributed by atoms with Crippen LogP contribution in [0.5, 0.6) is 0 Å². The molecule has 0 bridgehead atoms. The summed E-state index contributed by atoms with van der Waals surface area (Å²) >= 11 is 0. The van der Waals surface area contributed by atoms with Crippen molar-refractivity contribution in [1.82, 2.24) is 9.80 Å². The van der Waals surface area contributed by atoms with Gasteiger partial charge in [-0.2, -0.15) is 0 Å². The molecule has 7 nitrogen and oxygen atoms in total. The zero-order valence-corrected chi connectivity index (χ0v) is 20.2. The van der Waals surface area contributed by atoms with Gasteiger partial charge in [-0.3, -0.25) is 19.4 Å². The molecule has 2 atom stereocenters. The van der Waals surface area contributed by atoms with Crippen molar-refractivity contribution in [3.63, 3.8) is 0 Å². The standard InChI is InChI=1S/C27H36N4O3/c1-20-16-31(17-21(2)34-20)18-22-12-14-30(15-13-22)19-26(32)29-25-11-7-6-10-24(25)27(33)28-23-8-4-3-5-9-23/h3-11,20-22H,12-19H2,1-2H3,(H,28,33)(H,29,32). The van der Waals surface area contributed by atoms with Gasteiger partial charge in [0.1, 0.15) is 0 Å². The third-order valence-corrected chi connectivity index (χ3v) is 6.56. The number of nitrogens with one attached hydrogen (secondary N) is 2. The predicted octanol–water partition coefficient (Wildman–Crippen LogP) is 3.70. The molecule has 2 aliphatic heterocycles. The van der Waals surface area contributed by atoms with Crippen LogP contribution < -0.4 is 10.6 Å². The van der Waals surface area contributed by atoms with Crippen LogP contribution in [0.25, 0.3) is 0 Å². The summed E-state index contributed by atoms with van der Waals surface area (Å²) in [7, 11) is 0. The average molecular weight is 465 g/mol. The van der Waals surface area contributed by atoms with Gasteiger partial charge < -0.3 is 15.4 Å². The molecule has 34 heavy (non-hydrogen) atoms. The highest BCUT2D eigenvalue weighted by Gasteiger charge is 2.27. The van der Waals surface area contributed by atoms with Crippen LogP contribution in [0.1, 0.15) is 37.0 Å². The lowest BCUT2D eigenvalue weighted by molar-refractivity contribution is -0.117. The van der Waals surface area contributed by atoms with Gasteiger partial charge in [-0.05, 0) is 70.0 Å². The summed E-state index contributed by atoms with van der Waals surface area (Å²) in [6.45, 7) is 9.59. The van der Waals surface area contributed by atoms with Gasteiger partial charge in [0.15, 0.2) is 0 Å². The van der Waals surface area contributed by atoms with Crippen LogP contribution in [0.2, 0.25) is 0 Å². The number of benzene rings is 2. The van der Waals surface area contributed by atoms with E-state index in [9.17, 15) is 9.59 Å². The normalized spacial score (nSPS) is 22.3. The molecular formula is C27H36N4O3. The fraction of sp³-hybridized carbons (Fsp3) is 0.481. The summed E-state index contributed by atoms with van der Waals surface area (Å²) in [6, 6.07) is 16.4. The summed E-state index contributed by atoms with van der Waals surface area (Å²) in [6.07, 6.45) is 2.79. The lowest BCUT2D eigenvalue weighted by Crippen LogP contribution is -2.48. The maximum absolute atomic E-state index is 12.8. The molecule has 2 fully saturated rings. The highest BCUT2D eigenvalue weighted by Crippen LogP contribution is 2.22. The molecular weight excluding hydrogens is 428 g/mol. The second kappa shape index (κ2) is 11.6. The highest BCUT2D eigenvalue weighted by molar-refractivity contribution is 6.10. The third kappa shape index (κ3) is 6.88. The quantitative estimate of drug-likeness (QED) is 0.654. The number of amides is 2. The molecule has 2 aromatic rings. The summed E-state index contributed by atoms with van der Waals surface area (Å²) in [5.41, 5.74) is 1.70. The van der Waals surface area contributed by atoms with Crippen LogP contribution in [0.15, 0.2) is 54.6 Å². The van der Waals surface area contributed by atoms with E-state index in [0.717, 1.165) is 51.3 Å². The molecule has 2 amide bonds. The first kappa shape index (κ1) is 24.4. The predicted molar refractivity (Wildman–Crippen MR) is 135 cm³/mol. The van der Waals surface area contributed by atoms with Gasteiger partial charge in [-0.25, -0.2) is 0 Å². The Morgan fingerprint density at radius 2 is 1.53 bits per heavy atom. The first-order valence-corrected chi connectivity index (χ1v) is 12.3. The molecule has 7 heteroatoms. The first-order valence-electron chi connectivity index (χ1n) is 12.3. The van der Waals surface area contributed by atoms with E-state index in [0.29, 0.717) is 35.9 Å². The topological polar surface area (TPSA) is 73.9 Å². The summed E-state index contributed by atoms with van der Waals surface area (Å²) < 4.78 is 5.85.